The van der Waals surface area contributed by atoms with Crippen LogP contribution in [0.15, 0.2) is 14.2 Å². The molecular formula is C15H21Br2N7O3. The Morgan fingerprint density at radius 2 is 1.67 bits per heavy atom. The molecule has 27 heavy (non-hydrogen) atoms. The van der Waals surface area contributed by atoms with Gasteiger partial charge in [0.05, 0.1) is 38.0 Å². The third kappa shape index (κ3) is 5.16. The second kappa shape index (κ2) is 10.8. The van der Waals surface area contributed by atoms with Crippen molar-refractivity contribution in [3.8, 4) is 17.4 Å². The number of rotatable bonds is 7. The minimum atomic E-state index is 0.0405. The van der Waals surface area contributed by atoms with Gasteiger partial charge in [0.25, 0.3) is 5.88 Å². The number of aromatic nitrogens is 3. The zero-order valence-electron chi connectivity index (χ0n) is 15.6. The second-order valence-corrected chi connectivity index (χ2v) is 6.03. The number of nitrogen functional groups attached to an aromatic ring is 1. The summed E-state index contributed by atoms with van der Waals surface area (Å²) >= 11 is 6.64. The molecule has 10 nitrogen and oxygen atoms in total. The van der Waals surface area contributed by atoms with Gasteiger partial charge in [-0.25, -0.2) is 15.5 Å². The van der Waals surface area contributed by atoms with Crippen LogP contribution in [0.3, 0.4) is 0 Å². The van der Waals surface area contributed by atoms with Crippen molar-refractivity contribution in [1.82, 2.24) is 15.0 Å². The Labute approximate surface area is 174 Å². The summed E-state index contributed by atoms with van der Waals surface area (Å²) in [6.07, 6.45) is 0. The lowest BCUT2D eigenvalue weighted by molar-refractivity contribution is 0.313. The number of nitrogens with one attached hydrogen (secondary N) is 2. The minimum Gasteiger partial charge on any atom is -0.492 e. The standard InChI is InChI=1S/C13H15Br2N7O3.C2H6/c1-23-8-6(14)5(19-12(25-3)9(8)24-2)4-18-11-7(22-17)10(15)20-13(16)21-11;1-2/h17H,4H2,1-3H3,(H3,16,18,20,21);1-2H3. The van der Waals surface area contributed by atoms with E-state index >= 15 is 0 Å². The van der Waals surface area contributed by atoms with Gasteiger partial charge >= 0.3 is 0 Å². The van der Waals surface area contributed by atoms with Gasteiger partial charge in [0.1, 0.15) is 4.60 Å². The first-order valence-corrected chi connectivity index (χ1v) is 9.34. The van der Waals surface area contributed by atoms with E-state index in [1.807, 2.05) is 13.8 Å². The van der Waals surface area contributed by atoms with E-state index in [9.17, 15) is 0 Å². The summed E-state index contributed by atoms with van der Waals surface area (Å²) in [5, 5.41) is 6.42. The molecule has 0 unspecified atom stereocenters. The van der Waals surface area contributed by atoms with E-state index in [0.29, 0.717) is 26.3 Å². The summed E-state index contributed by atoms with van der Waals surface area (Å²) in [7, 11) is 4.49. The fourth-order valence-electron chi connectivity index (χ4n) is 2.00. The molecule has 0 amide bonds. The van der Waals surface area contributed by atoms with E-state index in [4.69, 9.17) is 25.5 Å². The molecule has 0 aromatic carbocycles. The Morgan fingerprint density at radius 3 is 2.19 bits per heavy atom. The van der Waals surface area contributed by atoms with E-state index in [0.717, 1.165) is 0 Å². The van der Waals surface area contributed by atoms with Gasteiger partial charge in [0, 0.05) is 0 Å². The summed E-state index contributed by atoms with van der Waals surface area (Å²) < 4.78 is 16.8. The van der Waals surface area contributed by atoms with Gasteiger partial charge in [-0.05, 0) is 31.9 Å². The van der Waals surface area contributed by atoms with Gasteiger partial charge in [-0.2, -0.15) is 10.1 Å². The maximum Gasteiger partial charge on any atom is 0.261 e. The SMILES string of the molecule is CC.COc1nc(CNc2nc(N)nc(Br)c2N=N)c(Br)c(OC)c1OC. The van der Waals surface area contributed by atoms with Crippen molar-refractivity contribution in [3.63, 3.8) is 0 Å². The average molecular weight is 507 g/mol. The number of ether oxygens (including phenoxy) is 3. The molecule has 148 valence electrons. The van der Waals surface area contributed by atoms with Crippen LogP contribution in [0.25, 0.3) is 0 Å². The molecule has 12 heteroatoms. The molecule has 0 bridgehead atoms. The second-order valence-electron chi connectivity index (χ2n) is 4.48. The largest absolute Gasteiger partial charge is 0.492 e. The highest BCUT2D eigenvalue weighted by molar-refractivity contribution is 9.10. The smallest absolute Gasteiger partial charge is 0.261 e. The van der Waals surface area contributed by atoms with Crippen LogP contribution in [0.4, 0.5) is 17.5 Å². The number of hydrogen-bond donors (Lipinski definition) is 3. The summed E-state index contributed by atoms with van der Waals surface area (Å²) in [6.45, 7) is 4.22. The molecule has 0 radical (unpaired) electrons. The van der Waals surface area contributed by atoms with Crippen LogP contribution in [0.5, 0.6) is 17.4 Å². The van der Waals surface area contributed by atoms with Crippen molar-refractivity contribution in [2.24, 2.45) is 5.11 Å². The lowest BCUT2D eigenvalue weighted by Crippen LogP contribution is -2.09. The first-order chi connectivity index (χ1) is 13.0. The van der Waals surface area contributed by atoms with Crippen molar-refractivity contribution >= 4 is 49.3 Å². The normalized spacial score (nSPS) is 9.74. The van der Waals surface area contributed by atoms with Crippen molar-refractivity contribution in [1.29, 1.82) is 5.53 Å². The van der Waals surface area contributed by atoms with Crippen molar-refractivity contribution in [2.45, 2.75) is 20.4 Å². The fraction of sp³-hybridized carbons (Fsp3) is 0.400. The highest BCUT2D eigenvalue weighted by atomic mass is 79.9. The summed E-state index contributed by atoms with van der Waals surface area (Å²) in [6, 6.07) is 0. The zero-order valence-corrected chi connectivity index (χ0v) is 18.7. The summed E-state index contributed by atoms with van der Waals surface area (Å²) in [5.74, 6) is 1.42. The quantitative estimate of drug-likeness (QED) is 0.372. The number of anilines is 2. The van der Waals surface area contributed by atoms with Gasteiger partial charge in [-0.3, -0.25) is 0 Å². The van der Waals surface area contributed by atoms with Crippen LogP contribution in [0.2, 0.25) is 0 Å². The highest BCUT2D eigenvalue weighted by Gasteiger charge is 2.21. The molecule has 2 aromatic heterocycles. The molecule has 4 N–H and O–H groups in total. The van der Waals surface area contributed by atoms with Crippen LogP contribution >= 0.6 is 31.9 Å². The van der Waals surface area contributed by atoms with Crippen molar-refractivity contribution in [2.75, 3.05) is 32.4 Å². The van der Waals surface area contributed by atoms with Gasteiger partial charge in [0.15, 0.2) is 17.3 Å². The predicted molar refractivity (Wildman–Crippen MR) is 109 cm³/mol. The number of pyridine rings is 1. The molecule has 0 spiro atoms. The van der Waals surface area contributed by atoms with E-state index in [1.165, 1.54) is 21.3 Å². The molecule has 2 aromatic rings. The van der Waals surface area contributed by atoms with Crippen LogP contribution in [-0.2, 0) is 6.54 Å². The third-order valence-electron chi connectivity index (χ3n) is 3.09. The fourth-order valence-corrected chi connectivity index (χ4v) is 3.03. The van der Waals surface area contributed by atoms with Gasteiger partial charge in [-0.1, -0.05) is 13.8 Å². The van der Waals surface area contributed by atoms with Crippen LogP contribution in [0, 0.1) is 5.53 Å². The Morgan fingerprint density at radius 1 is 1.04 bits per heavy atom. The molecule has 0 aliphatic rings. The van der Waals surface area contributed by atoms with E-state index in [-0.39, 0.29) is 29.9 Å². The van der Waals surface area contributed by atoms with Crippen molar-refractivity contribution in [3.05, 3.63) is 14.8 Å². The molecule has 2 heterocycles. The number of methoxy groups -OCH3 is 3. The van der Waals surface area contributed by atoms with Gasteiger partial charge < -0.3 is 25.3 Å². The van der Waals surface area contributed by atoms with Crippen LogP contribution < -0.4 is 25.3 Å². The number of hydrogen-bond acceptors (Lipinski definition) is 10. The van der Waals surface area contributed by atoms with Crippen LogP contribution in [-0.4, -0.2) is 36.3 Å². The van der Waals surface area contributed by atoms with Crippen LogP contribution in [0.1, 0.15) is 19.5 Å². The molecule has 0 aliphatic heterocycles. The number of halogens is 2. The Bertz CT molecular complexity index is 806. The van der Waals surface area contributed by atoms with E-state index < -0.39 is 0 Å². The molecular weight excluding hydrogens is 486 g/mol. The topological polar surface area (TPSA) is 141 Å². The first kappa shape index (κ1) is 22.8. The lowest BCUT2D eigenvalue weighted by Gasteiger charge is -2.16. The molecule has 0 aliphatic carbocycles. The number of nitrogens with two attached hydrogens (primary N) is 1. The summed E-state index contributed by atoms with van der Waals surface area (Å²) in [5.41, 5.74) is 13.7. The average Bonchev–Trinajstić information content (AvgIpc) is 2.67. The molecule has 0 fully saturated rings. The zero-order chi connectivity index (χ0) is 20.6. The maximum absolute atomic E-state index is 7.25. The first-order valence-electron chi connectivity index (χ1n) is 7.75. The van der Waals surface area contributed by atoms with Crippen molar-refractivity contribution < 1.29 is 14.2 Å². The lowest BCUT2D eigenvalue weighted by atomic mass is 10.3. The number of nitrogens with zero attached hydrogens (tertiary/aromatic N) is 4. The molecule has 0 saturated heterocycles. The highest BCUT2D eigenvalue weighted by Crippen LogP contribution is 2.43. The summed E-state index contributed by atoms with van der Waals surface area (Å²) in [4.78, 5) is 12.3. The molecule has 0 saturated carbocycles. The Kier molecular flexibility index (Phi) is 9.15. The Balaban J connectivity index is 0.00000176. The van der Waals surface area contributed by atoms with E-state index in [2.05, 4.69) is 57.2 Å². The predicted octanol–water partition coefficient (Wildman–Crippen LogP) is 4.31. The maximum atomic E-state index is 7.25. The van der Waals surface area contributed by atoms with Gasteiger partial charge in [0.2, 0.25) is 11.7 Å². The monoisotopic (exact) mass is 505 g/mol. The molecule has 0 atom stereocenters. The Hall–Kier alpha value is -2.21. The van der Waals surface area contributed by atoms with E-state index in [1.54, 1.807) is 0 Å². The minimum absolute atomic E-state index is 0.0405. The third-order valence-corrected chi connectivity index (χ3v) is 4.46. The molecule has 2 rings (SSSR count). The van der Waals surface area contributed by atoms with Gasteiger partial charge in [-0.15, -0.1) is 0 Å².